The van der Waals surface area contributed by atoms with Crippen molar-refractivity contribution in [1.29, 1.82) is 0 Å². The molecule has 0 radical (unpaired) electrons. The number of aryl methyl sites for hydroxylation is 1. The van der Waals surface area contributed by atoms with Gasteiger partial charge in [-0.25, -0.2) is 13.1 Å². The fourth-order valence-electron chi connectivity index (χ4n) is 4.48. The van der Waals surface area contributed by atoms with Crippen LogP contribution in [0.3, 0.4) is 0 Å². The topological polar surface area (TPSA) is 101 Å². The number of Topliss-reactive ketones (excluding diaryl/α,β-unsaturated/α-hetero) is 1. The van der Waals surface area contributed by atoms with Crippen molar-refractivity contribution in [2.24, 2.45) is 11.8 Å². The van der Waals surface area contributed by atoms with E-state index in [4.69, 9.17) is 0 Å². The number of rotatable bonds is 5. The number of ketones is 1. The minimum atomic E-state index is -3.79. The highest BCUT2D eigenvalue weighted by atomic mass is 32.2. The van der Waals surface area contributed by atoms with Crippen LogP contribution in [0.25, 0.3) is 0 Å². The molecule has 2 atom stereocenters. The first-order chi connectivity index (χ1) is 13.8. The molecule has 3 aliphatic rings. The van der Waals surface area contributed by atoms with E-state index in [2.05, 4.69) is 4.72 Å². The molecule has 0 bridgehead atoms. The molecule has 0 aromatic heterocycles. The molecule has 1 saturated carbocycles. The van der Waals surface area contributed by atoms with Gasteiger partial charge in [0.1, 0.15) is 5.92 Å². The van der Waals surface area contributed by atoms with Gasteiger partial charge in [-0.15, -0.1) is 0 Å². The number of sulfonamides is 1. The number of fused-ring (bicyclic) bond motifs is 1. The fourth-order valence-corrected chi connectivity index (χ4v) is 5.48. The summed E-state index contributed by atoms with van der Waals surface area (Å²) in [6.07, 6.45) is 6.12. The average molecular weight is 416 g/mol. The Bertz CT molecular complexity index is 990. The lowest BCUT2D eigenvalue weighted by Gasteiger charge is -2.30. The van der Waals surface area contributed by atoms with Gasteiger partial charge in [-0.3, -0.25) is 19.3 Å². The van der Waals surface area contributed by atoms with Crippen LogP contribution in [-0.4, -0.2) is 43.5 Å². The zero-order chi connectivity index (χ0) is 20.8. The Hall–Kier alpha value is -2.32. The first-order valence-corrected chi connectivity index (χ1v) is 11.5. The molecule has 29 heavy (non-hydrogen) atoms. The van der Waals surface area contributed by atoms with Gasteiger partial charge in [0.2, 0.25) is 21.8 Å². The van der Waals surface area contributed by atoms with Crippen LogP contribution in [0.5, 0.6) is 0 Å². The van der Waals surface area contributed by atoms with Crippen LogP contribution in [0, 0.1) is 18.8 Å². The molecule has 1 saturated heterocycles. The van der Waals surface area contributed by atoms with E-state index in [1.165, 1.54) is 23.1 Å². The van der Waals surface area contributed by atoms with Gasteiger partial charge in [0, 0.05) is 18.2 Å². The maximum Gasteiger partial charge on any atom is 0.241 e. The van der Waals surface area contributed by atoms with E-state index in [1.54, 1.807) is 12.1 Å². The van der Waals surface area contributed by atoms with Crippen molar-refractivity contribution in [2.75, 3.05) is 6.54 Å². The first-order valence-electron chi connectivity index (χ1n) is 9.98. The SMILES string of the molecule is Cc1ccc(S(=O)(=O)NCC2=C[C@H]3C(=O)N(C4CCCCC4)C(=O)[C@H]3C2=O)cc1. The van der Waals surface area contributed by atoms with Crippen LogP contribution < -0.4 is 4.72 Å². The molecule has 154 valence electrons. The number of likely N-dealkylation sites (tertiary alicyclic amines) is 1. The van der Waals surface area contributed by atoms with Gasteiger partial charge in [-0.05, 0) is 31.9 Å². The van der Waals surface area contributed by atoms with Crippen molar-refractivity contribution in [3.8, 4) is 0 Å². The third-order valence-corrected chi connectivity index (χ3v) is 7.51. The summed E-state index contributed by atoms with van der Waals surface area (Å²) in [6.45, 7) is 1.63. The molecule has 1 heterocycles. The number of nitrogens with one attached hydrogen (secondary N) is 1. The molecule has 0 spiro atoms. The molecule has 1 N–H and O–H groups in total. The van der Waals surface area contributed by atoms with E-state index in [0.29, 0.717) is 0 Å². The molecule has 0 unspecified atom stereocenters. The van der Waals surface area contributed by atoms with Gasteiger partial charge >= 0.3 is 0 Å². The van der Waals surface area contributed by atoms with E-state index in [-0.39, 0.29) is 29.0 Å². The second kappa shape index (κ2) is 7.50. The monoisotopic (exact) mass is 416 g/mol. The summed E-state index contributed by atoms with van der Waals surface area (Å²) >= 11 is 0. The minimum absolute atomic E-state index is 0.102. The highest BCUT2D eigenvalue weighted by molar-refractivity contribution is 7.89. The van der Waals surface area contributed by atoms with E-state index in [0.717, 1.165) is 37.7 Å². The maximum absolute atomic E-state index is 12.8. The average Bonchev–Trinajstić information content (AvgIpc) is 3.16. The van der Waals surface area contributed by atoms with E-state index in [9.17, 15) is 22.8 Å². The van der Waals surface area contributed by atoms with Crippen LogP contribution in [-0.2, 0) is 24.4 Å². The summed E-state index contributed by atoms with van der Waals surface area (Å²) < 4.78 is 27.3. The van der Waals surface area contributed by atoms with E-state index in [1.807, 2.05) is 6.92 Å². The standard InChI is InChI=1S/C21H24N2O5S/c1-13-7-9-16(10-8-13)29(27,28)22-12-14-11-17-18(19(14)24)21(26)23(20(17)25)15-5-3-2-4-6-15/h7-11,15,17-18,22H,2-6,12H2,1H3/t17-,18-/m1/s1. The molecular weight excluding hydrogens is 392 g/mol. The molecule has 4 rings (SSSR count). The molecule has 2 amide bonds. The van der Waals surface area contributed by atoms with Crippen molar-refractivity contribution in [1.82, 2.24) is 9.62 Å². The summed E-state index contributed by atoms with van der Waals surface area (Å²) in [4.78, 5) is 39.8. The van der Waals surface area contributed by atoms with Crippen molar-refractivity contribution in [3.63, 3.8) is 0 Å². The highest BCUT2D eigenvalue weighted by Crippen LogP contribution is 2.39. The van der Waals surface area contributed by atoms with Crippen molar-refractivity contribution in [2.45, 2.75) is 50.0 Å². The largest absolute Gasteiger partial charge is 0.294 e. The van der Waals surface area contributed by atoms with Crippen molar-refractivity contribution in [3.05, 3.63) is 41.5 Å². The smallest absolute Gasteiger partial charge is 0.241 e. The lowest BCUT2D eigenvalue weighted by Crippen LogP contribution is -2.43. The number of carbonyl (C=O) groups excluding carboxylic acids is 3. The molecular formula is C21H24N2O5S. The number of amides is 2. The van der Waals surface area contributed by atoms with Gasteiger partial charge in [0.05, 0.1) is 10.8 Å². The van der Waals surface area contributed by atoms with Gasteiger partial charge in [0.15, 0.2) is 5.78 Å². The first kappa shape index (κ1) is 20.0. The van der Waals surface area contributed by atoms with Crippen LogP contribution in [0.4, 0.5) is 0 Å². The summed E-state index contributed by atoms with van der Waals surface area (Å²) in [5.74, 6) is -3.02. The minimum Gasteiger partial charge on any atom is -0.294 e. The summed E-state index contributed by atoms with van der Waals surface area (Å²) in [5, 5.41) is 0. The number of hydrogen-bond acceptors (Lipinski definition) is 5. The number of benzene rings is 1. The normalized spacial score (nSPS) is 25.5. The number of hydrogen-bond donors (Lipinski definition) is 1. The predicted molar refractivity (Wildman–Crippen MR) is 105 cm³/mol. The van der Waals surface area contributed by atoms with Crippen LogP contribution >= 0.6 is 0 Å². The molecule has 1 aromatic carbocycles. The Kier molecular flexibility index (Phi) is 5.16. The zero-order valence-corrected chi connectivity index (χ0v) is 17.1. The fraction of sp³-hybridized carbons (Fsp3) is 0.476. The highest BCUT2D eigenvalue weighted by Gasteiger charge is 2.55. The third-order valence-electron chi connectivity index (χ3n) is 6.09. The molecule has 1 aromatic rings. The Morgan fingerprint density at radius 1 is 1.00 bits per heavy atom. The summed E-state index contributed by atoms with van der Waals surface area (Å²) in [7, 11) is -3.79. The van der Waals surface area contributed by atoms with Crippen LogP contribution in [0.15, 0.2) is 40.8 Å². The Morgan fingerprint density at radius 2 is 1.66 bits per heavy atom. The van der Waals surface area contributed by atoms with E-state index < -0.39 is 33.5 Å². The lowest BCUT2D eigenvalue weighted by atomic mass is 9.94. The van der Waals surface area contributed by atoms with Crippen LogP contribution in [0.1, 0.15) is 37.7 Å². The summed E-state index contributed by atoms with van der Waals surface area (Å²) in [5.41, 5.74) is 1.12. The second-order valence-corrected chi connectivity index (χ2v) is 9.80. The van der Waals surface area contributed by atoms with Gasteiger partial charge < -0.3 is 0 Å². The predicted octanol–water partition coefficient (Wildman–Crippen LogP) is 1.72. The molecule has 2 aliphatic carbocycles. The van der Waals surface area contributed by atoms with Gasteiger partial charge in [-0.2, -0.15) is 0 Å². The maximum atomic E-state index is 12.8. The Labute approximate surface area is 170 Å². The van der Waals surface area contributed by atoms with Crippen molar-refractivity contribution < 1.29 is 22.8 Å². The third kappa shape index (κ3) is 3.55. The van der Waals surface area contributed by atoms with E-state index >= 15 is 0 Å². The molecule has 7 nitrogen and oxygen atoms in total. The Morgan fingerprint density at radius 3 is 2.28 bits per heavy atom. The lowest BCUT2D eigenvalue weighted by molar-refractivity contribution is -0.143. The van der Waals surface area contributed by atoms with Gasteiger partial charge in [-0.1, -0.05) is 43.0 Å². The second-order valence-electron chi connectivity index (χ2n) is 8.04. The number of nitrogens with zero attached hydrogens (tertiary/aromatic N) is 1. The summed E-state index contributed by atoms with van der Waals surface area (Å²) in [6, 6.07) is 6.25. The van der Waals surface area contributed by atoms with Crippen LogP contribution in [0.2, 0.25) is 0 Å². The molecule has 1 aliphatic heterocycles. The quantitative estimate of drug-likeness (QED) is 0.582. The number of carbonyl (C=O) groups is 3. The zero-order valence-electron chi connectivity index (χ0n) is 16.3. The number of imide groups is 1. The van der Waals surface area contributed by atoms with Gasteiger partial charge in [0.25, 0.3) is 0 Å². The molecule has 8 heteroatoms. The van der Waals surface area contributed by atoms with Crippen molar-refractivity contribution >= 4 is 27.6 Å². The molecule has 2 fully saturated rings. The Balaban J connectivity index is 1.48.